The predicted octanol–water partition coefficient (Wildman–Crippen LogP) is 4.73. The van der Waals surface area contributed by atoms with E-state index in [0.717, 1.165) is 5.52 Å². The van der Waals surface area contributed by atoms with Crippen LogP contribution in [0, 0.1) is 0 Å². The standard InChI is InChI=1S/C20H20ClN3O4/c1-2-27-12-11-24-16-9-5-3-7-14(16)19(20(24)26)23-22-18(25)13-28-17-10-6-4-8-15(17)21/h3-10,26H,2,11-13H2,1H3. The van der Waals surface area contributed by atoms with Gasteiger partial charge in [0.1, 0.15) is 5.75 Å². The second-order valence-corrected chi connectivity index (χ2v) is 6.26. The summed E-state index contributed by atoms with van der Waals surface area (Å²) in [6, 6.07) is 14.2. The van der Waals surface area contributed by atoms with Crippen molar-refractivity contribution in [2.75, 3.05) is 19.8 Å². The van der Waals surface area contributed by atoms with Crippen molar-refractivity contribution in [1.82, 2.24) is 4.57 Å². The highest BCUT2D eigenvalue weighted by atomic mass is 35.5. The Labute approximate surface area is 167 Å². The maximum Gasteiger partial charge on any atom is 0.302 e. The lowest BCUT2D eigenvalue weighted by atomic mass is 10.2. The zero-order chi connectivity index (χ0) is 19.9. The number of rotatable bonds is 8. The van der Waals surface area contributed by atoms with Gasteiger partial charge >= 0.3 is 5.91 Å². The number of azo groups is 1. The van der Waals surface area contributed by atoms with Gasteiger partial charge < -0.3 is 19.1 Å². The highest BCUT2D eigenvalue weighted by Gasteiger charge is 2.16. The summed E-state index contributed by atoms with van der Waals surface area (Å²) in [7, 11) is 0. The van der Waals surface area contributed by atoms with Crippen molar-refractivity contribution in [3.8, 4) is 11.6 Å². The number of aromatic hydroxyl groups is 1. The van der Waals surface area contributed by atoms with Gasteiger partial charge in [0.25, 0.3) is 0 Å². The van der Waals surface area contributed by atoms with Gasteiger partial charge in [-0.2, -0.15) is 0 Å². The number of halogens is 1. The molecule has 1 amide bonds. The fourth-order valence-electron chi connectivity index (χ4n) is 2.73. The van der Waals surface area contributed by atoms with Crippen LogP contribution >= 0.6 is 11.6 Å². The third kappa shape index (κ3) is 4.49. The van der Waals surface area contributed by atoms with Gasteiger partial charge in [0.15, 0.2) is 12.3 Å². The summed E-state index contributed by atoms with van der Waals surface area (Å²) in [4.78, 5) is 12.0. The first kappa shape index (κ1) is 19.9. The first-order valence-electron chi connectivity index (χ1n) is 8.81. The molecule has 7 nitrogen and oxygen atoms in total. The molecular weight excluding hydrogens is 382 g/mol. The van der Waals surface area contributed by atoms with E-state index in [1.54, 1.807) is 28.8 Å². The zero-order valence-electron chi connectivity index (χ0n) is 15.3. The number of hydrogen-bond donors (Lipinski definition) is 1. The van der Waals surface area contributed by atoms with Crippen molar-refractivity contribution in [2.24, 2.45) is 10.2 Å². The van der Waals surface area contributed by atoms with Gasteiger partial charge in [-0.3, -0.25) is 4.79 Å². The molecule has 3 aromatic rings. The van der Waals surface area contributed by atoms with Gasteiger partial charge in [-0.05, 0) is 25.1 Å². The van der Waals surface area contributed by atoms with Crippen molar-refractivity contribution in [1.29, 1.82) is 0 Å². The van der Waals surface area contributed by atoms with Gasteiger partial charge in [0, 0.05) is 18.5 Å². The Morgan fingerprint density at radius 2 is 1.93 bits per heavy atom. The summed E-state index contributed by atoms with van der Waals surface area (Å²) >= 11 is 5.99. The van der Waals surface area contributed by atoms with Crippen LogP contribution in [0.4, 0.5) is 5.69 Å². The number of nitrogens with zero attached hydrogens (tertiary/aromatic N) is 3. The summed E-state index contributed by atoms with van der Waals surface area (Å²) in [5.74, 6) is -0.266. The molecule has 0 aliphatic carbocycles. The summed E-state index contributed by atoms with van der Waals surface area (Å²) < 4.78 is 12.4. The molecule has 0 saturated carbocycles. The number of amides is 1. The minimum atomic E-state index is -0.592. The highest BCUT2D eigenvalue weighted by molar-refractivity contribution is 6.32. The molecule has 1 N–H and O–H groups in total. The third-order valence-electron chi connectivity index (χ3n) is 4.03. The van der Waals surface area contributed by atoms with E-state index in [1.165, 1.54) is 0 Å². The van der Waals surface area contributed by atoms with Crippen LogP contribution in [0.3, 0.4) is 0 Å². The molecule has 0 spiro atoms. The van der Waals surface area contributed by atoms with E-state index in [4.69, 9.17) is 21.1 Å². The minimum absolute atomic E-state index is 0.0653. The molecule has 2 aromatic carbocycles. The molecule has 28 heavy (non-hydrogen) atoms. The lowest BCUT2D eigenvalue weighted by molar-refractivity contribution is -0.120. The molecule has 0 fully saturated rings. The van der Waals surface area contributed by atoms with E-state index in [2.05, 4.69) is 10.2 Å². The molecule has 0 radical (unpaired) electrons. The average molecular weight is 402 g/mol. The smallest absolute Gasteiger partial charge is 0.302 e. The van der Waals surface area contributed by atoms with Gasteiger partial charge in [-0.25, -0.2) is 0 Å². The Bertz CT molecular complexity index is 1000. The van der Waals surface area contributed by atoms with E-state index in [9.17, 15) is 9.90 Å². The Balaban J connectivity index is 1.76. The zero-order valence-corrected chi connectivity index (χ0v) is 16.1. The number of carbonyl (C=O) groups is 1. The number of hydrogen-bond acceptors (Lipinski definition) is 5. The Kier molecular flexibility index (Phi) is 6.62. The van der Waals surface area contributed by atoms with Crippen molar-refractivity contribution in [2.45, 2.75) is 13.5 Å². The van der Waals surface area contributed by atoms with E-state index in [1.807, 2.05) is 31.2 Å². The first-order chi connectivity index (χ1) is 13.6. The molecule has 0 saturated heterocycles. The van der Waals surface area contributed by atoms with Crippen LogP contribution in [0.25, 0.3) is 10.9 Å². The van der Waals surface area contributed by atoms with Gasteiger partial charge in [0.05, 0.1) is 17.1 Å². The molecule has 146 valence electrons. The number of benzene rings is 2. The summed E-state index contributed by atoms with van der Waals surface area (Å²) in [6.07, 6.45) is 0. The quantitative estimate of drug-likeness (QED) is 0.437. The predicted molar refractivity (Wildman–Crippen MR) is 107 cm³/mol. The molecule has 1 aromatic heterocycles. The van der Waals surface area contributed by atoms with Crippen LogP contribution in [0.15, 0.2) is 58.8 Å². The van der Waals surface area contributed by atoms with E-state index >= 15 is 0 Å². The molecule has 0 unspecified atom stereocenters. The van der Waals surface area contributed by atoms with Crippen molar-refractivity contribution in [3.63, 3.8) is 0 Å². The van der Waals surface area contributed by atoms with Crippen LogP contribution in [-0.4, -0.2) is 35.4 Å². The van der Waals surface area contributed by atoms with Crippen LogP contribution < -0.4 is 4.74 Å². The lowest BCUT2D eigenvalue weighted by Crippen LogP contribution is -2.08. The van der Waals surface area contributed by atoms with E-state index in [-0.39, 0.29) is 18.2 Å². The Morgan fingerprint density at radius 3 is 2.71 bits per heavy atom. The molecule has 0 atom stereocenters. The fraction of sp³-hybridized carbons (Fsp3) is 0.250. The normalized spacial score (nSPS) is 11.4. The maximum absolute atomic E-state index is 12.0. The van der Waals surface area contributed by atoms with Crippen molar-refractivity contribution < 1.29 is 19.4 Å². The second-order valence-electron chi connectivity index (χ2n) is 5.85. The molecule has 0 aliphatic heterocycles. The second kappa shape index (κ2) is 9.34. The number of carbonyl (C=O) groups excluding carboxylic acids is 1. The lowest BCUT2D eigenvalue weighted by Gasteiger charge is -2.06. The van der Waals surface area contributed by atoms with Crippen LogP contribution in [-0.2, 0) is 16.1 Å². The molecular formula is C20H20ClN3O4. The van der Waals surface area contributed by atoms with Gasteiger partial charge in [-0.1, -0.05) is 41.9 Å². The van der Waals surface area contributed by atoms with Crippen LogP contribution in [0.1, 0.15) is 6.92 Å². The van der Waals surface area contributed by atoms with Gasteiger partial charge in [-0.15, -0.1) is 10.2 Å². The largest absolute Gasteiger partial charge is 0.493 e. The molecule has 8 heteroatoms. The number of fused-ring (bicyclic) bond motifs is 1. The third-order valence-corrected chi connectivity index (χ3v) is 4.34. The van der Waals surface area contributed by atoms with Crippen LogP contribution in [0.5, 0.6) is 11.6 Å². The highest BCUT2D eigenvalue weighted by Crippen LogP contribution is 2.38. The molecule has 0 bridgehead atoms. The van der Waals surface area contributed by atoms with Gasteiger partial charge in [0.2, 0.25) is 5.88 Å². The Morgan fingerprint density at radius 1 is 1.18 bits per heavy atom. The minimum Gasteiger partial charge on any atom is -0.493 e. The SMILES string of the molecule is CCOCCn1c(O)c(N=NC(=O)COc2ccccc2Cl)c2ccccc21. The number of para-hydroxylation sites is 2. The van der Waals surface area contributed by atoms with Crippen molar-refractivity contribution >= 4 is 34.1 Å². The maximum atomic E-state index is 12.0. The monoisotopic (exact) mass is 401 g/mol. The average Bonchev–Trinajstić information content (AvgIpc) is 2.97. The summed E-state index contributed by atoms with van der Waals surface area (Å²) in [6.45, 7) is 3.09. The fourth-order valence-corrected chi connectivity index (χ4v) is 2.92. The number of aromatic nitrogens is 1. The molecule has 0 aliphatic rings. The van der Waals surface area contributed by atoms with E-state index in [0.29, 0.717) is 35.9 Å². The molecule has 1 heterocycles. The first-order valence-corrected chi connectivity index (χ1v) is 9.19. The van der Waals surface area contributed by atoms with E-state index < -0.39 is 5.91 Å². The number of ether oxygens (including phenoxy) is 2. The topological polar surface area (TPSA) is 85.4 Å². The molecule has 3 rings (SSSR count). The Hall–Kier alpha value is -2.90. The van der Waals surface area contributed by atoms with Crippen LogP contribution in [0.2, 0.25) is 5.02 Å². The summed E-state index contributed by atoms with van der Waals surface area (Å²) in [5.41, 5.74) is 1.02. The summed E-state index contributed by atoms with van der Waals surface area (Å²) in [5, 5.41) is 19.3. The van der Waals surface area contributed by atoms with Crippen molar-refractivity contribution in [3.05, 3.63) is 53.6 Å².